The van der Waals surface area contributed by atoms with Crippen molar-refractivity contribution >= 4 is 5.20 Å². The summed E-state index contributed by atoms with van der Waals surface area (Å²) in [5.41, 5.74) is 3.33. The third kappa shape index (κ3) is 3.28. The first-order chi connectivity index (χ1) is 9.06. The van der Waals surface area contributed by atoms with Crippen LogP contribution in [0.2, 0.25) is 19.1 Å². The van der Waals surface area contributed by atoms with Crippen molar-refractivity contribution in [2.75, 3.05) is 6.61 Å². The van der Waals surface area contributed by atoms with Gasteiger partial charge in [0.2, 0.25) is 0 Å². The third-order valence-corrected chi connectivity index (χ3v) is 28.5. The van der Waals surface area contributed by atoms with Gasteiger partial charge in [0, 0.05) is 0 Å². The van der Waals surface area contributed by atoms with Gasteiger partial charge in [-0.15, -0.1) is 0 Å². The second kappa shape index (κ2) is 7.45. The van der Waals surface area contributed by atoms with Crippen molar-refractivity contribution < 1.29 is 50.8 Å². The molecule has 5 heteroatoms. The molecular formula is C16H23Cl2OSiZr. The van der Waals surface area contributed by atoms with Gasteiger partial charge in [-0.3, -0.25) is 0 Å². The fraction of sp³-hybridized carbons (Fsp3) is 0.500. The quantitative estimate of drug-likeness (QED) is 0.517. The first-order valence-electron chi connectivity index (χ1n) is 7.34. The molecule has 1 N–H and O–H groups in total. The SMILES string of the molecule is CC1C2=[C](CC=C2)[Zr+2]([Si](C)(C)CCO)[C]2=C1C=CC2.[Cl-].[Cl-]. The molecule has 1 aliphatic heterocycles. The molecule has 0 aromatic rings. The molecule has 0 aromatic heterocycles. The second-order valence-corrected chi connectivity index (χ2v) is 28.6. The number of rotatable bonds is 3. The number of aliphatic hydroxyl groups excluding tert-OH is 1. The molecule has 0 aromatic carbocycles. The van der Waals surface area contributed by atoms with Gasteiger partial charge in [-0.05, 0) is 0 Å². The Kier molecular flexibility index (Phi) is 6.97. The topological polar surface area (TPSA) is 20.2 Å². The van der Waals surface area contributed by atoms with Crippen LogP contribution < -0.4 is 24.8 Å². The summed E-state index contributed by atoms with van der Waals surface area (Å²) in [6.45, 7) is 7.86. The van der Waals surface area contributed by atoms with E-state index >= 15 is 0 Å². The van der Waals surface area contributed by atoms with E-state index in [1.807, 2.05) is 6.56 Å². The number of aliphatic hydroxyl groups is 1. The van der Waals surface area contributed by atoms with Crippen LogP contribution in [0.5, 0.6) is 0 Å². The molecule has 0 bridgehead atoms. The minimum Gasteiger partial charge on any atom is -1.00 e. The van der Waals surface area contributed by atoms with E-state index in [1.54, 1.807) is 11.1 Å². The Balaban J connectivity index is 0.00000110. The summed E-state index contributed by atoms with van der Waals surface area (Å²) in [5, 5.41) is 8.22. The molecule has 0 saturated heterocycles. The van der Waals surface area contributed by atoms with Gasteiger partial charge in [0.1, 0.15) is 0 Å². The van der Waals surface area contributed by atoms with Crippen molar-refractivity contribution in [2.45, 2.75) is 38.9 Å². The number of hydrogen-bond donors (Lipinski definition) is 1. The molecule has 3 rings (SSSR count). The Morgan fingerprint density at radius 2 is 1.57 bits per heavy atom. The van der Waals surface area contributed by atoms with Crippen molar-refractivity contribution in [2.24, 2.45) is 5.92 Å². The zero-order chi connectivity index (χ0) is 13.6. The van der Waals surface area contributed by atoms with Gasteiger partial charge in [-0.2, -0.15) is 0 Å². The molecule has 0 spiro atoms. The smallest absolute Gasteiger partial charge is 1.00 e. The van der Waals surface area contributed by atoms with Gasteiger partial charge in [0.05, 0.1) is 0 Å². The van der Waals surface area contributed by atoms with Crippen LogP contribution in [-0.2, 0) is 20.9 Å². The maximum Gasteiger partial charge on any atom is -1.00 e. The van der Waals surface area contributed by atoms with Gasteiger partial charge >= 0.3 is 125 Å². The maximum absolute atomic E-state index is 9.47. The predicted molar refractivity (Wildman–Crippen MR) is 80.1 cm³/mol. The van der Waals surface area contributed by atoms with Gasteiger partial charge in [0.25, 0.3) is 0 Å². The average Bonchev–Trinajstić information content (AvgIpc) is 2.96. The van der Waals surface area contributed by atoms with Crippen LogP contribution in [0.15, 0.2) is 42.0 Å². The Hall–Kier alpha value is 0.600. The summed E-state index contributed by atoms with van der Waals surface area (Å²) in [7, 11) is 0. The van der Waals surface area contributed by atoms with Crippen molar-refractivity contribution in [3.8, 4) is 0 Å². The minimum absolute atomic E-state index is 0. The van der Waals surface area contributed by atoms with Crippen LogP contribution >= 0.6 is 0 Å². The fourth-order valence-corrected chi connectivity index (χ4v) is 29.4. The molecular weight excluding hydrogens is 398 g/mol. The van der Waals surface area contributed by atoms with Crippen LogP contribution in [0, 0.1) is 5.92 Å². The molecule has 21 heavy (non-hydrogen) atoms. The molecule has 0 unspecified atom stereocenters. The van der Waals surface area contributed by atoms with Gasteiger partial charge < -0.3 is 24.8 Å². The fourth-order valence-electron chi connectivity index (χ4n) is 3.92. The van der Waals surface area contributed by atoms with Crippen LogP contribution in [0.4, 0.5) is 0 Å². The van der Waals surface area contributed by atoms with Crippen LogP contribution in [0.1, 0.15) is 19.8 Å². The zero-order valence-electron chi connectivity index (χ0n) is 12.9. The standard InChI is InChI=1S/C12H12.C4H11OSi.2ClH.Zr/c1-10(11-6-2-3-7-11)12-8-4-5-9-12;1-6(2)4-3-5;;;/h2,4,6,8,10H,3,5H2,1H3;5H,3-4H2,1-2H3;2*1H;/q;;;;+2/p-2. The Bertz CT molecular complexity index is 496. The van der Waals surface area contributed by atoms with Crippen LogP contribution in [0.3, 0.4) is 0 Å². The van der Waals surface area contributed by atoms with Gasteiger partial charge in [0.15, 0.2) is 0 Å². The maximum atomic E-state index is 9.47. The summed E-state index contributed by atoms with van der Waals surface area (Å²) in [4.78, 5) is 0. The summed E-state index contributed by atoms with van der Waals surface area (Å²) < 4.78 is 3.75. The van der Waals surface area contributed by atoms with E-state index in [1.165, 1.54) is 12.8 Å². The van der Waals surface area contributed by atoms with E-state index in [9.17, 15) is 5.11 Å². The molecule has 1 nitrogen and oxygen atoms in total. The third-order valence-electron chi connectivity index (χ3n) is 4.89. The van der Waals surface area contributed by atoms with E-state index in [0.29, 0.717) is 12.5 Å². The van der Waals surface area contributed by atoms with E-state index in [0.717, 1.165) is 6.04 Å². The van der Waals surface area contributed by atoms with E-state index < -0.39 is 26.1 Å². The van der Waals surface area contributed by atoms with Gasteiger partial charge in [-0.1, -0.05) is 0 Å². The first-order valence-corrected chi connectivity index (χ1v) is 16.7. The molecule has 0 saturated carbocycles. The molecule has 0 fully saturated rings. The van der Waals surface area contributed by atoms with Crippen molar-refractivity contribution in [3.05, 3.63) is 42.0 Å². The normalized spacial score (nSPS) is 20.5. The largest absolute Gasteiger partial charge is 1.00 e. The summed E-state index contributed by atoms with van der Waals surface area (Å²) in [6, 6.07) is 1.10. The molecule has 0 radical (unpaired) electrons. The van der Waals surface area contributed by atoms with E-state index in [-0.39, 0.29) is 24.8 Å². The van der Waals surface area contributed by atoms with Crippen molar-refractivity contribution in [1.82, 2.24) is 0 Å². The average molecular weight is 422 g/mol. The van der Waals surface area contributed by atoms with Crippen molar-refractivity contribution in [1.29, 1.82) is 0 Å². The summed E-state index contributed by atoms with van der Waals surface area (Å²) >= 11 is -1.69. The molecule has 115 valence electrons. The molecule has 2 aliphatic carbocycles. The predicted octanol–water partition coefficient (Wildman–Crippen LogP) is -2.11. The number of hydrogen-bond acceptors (Lipinski definition) is 1. The molecule has 1 heterocycles. The van der Waals surface area contributed by atoms with Crippen LogP contribution in [-0.4, -0.2) is 16.9 Å². The number of halogens is 2. The molecule has 0 amide bonds. The second-order valence-electron chi connectivity index (χ2n) is 6.53. The summed E-state index contributed by atoms with van der Waals surface area (Å²) in [6.07, 6.45) is 12.0. The zero-order valence-corrected chi connectivity index (χ0v) is 17.9. The monoisotopic (exact) mass is 419 g/mol. The van der Waals surface area contributed by atoms with E-state index in [4.69, 9.17) is 0 Å². The molecule has 3 aliphatic rings. The van der Waals surface area contributed by atoms with Crippen molar-refractivity contribution in [3.63, 3.8) is 0 Å². The summed E-state index contributed by atoms with van der Waals surface area (Å²) in [5.74, 6) is 0.630. The van der Waals surface area contributed by atoms with Gasteiger partial charge in [-0.25, -0.2) is 0 Å². The minimum atomic E-state index is -1.69. The Morgan fingerprint density at radius 1 is 1.10 bits per heavy atom. The van der Waals surface area contributed by atoms with Crippen LogP contribution in [0.25, 0.3) is 0 Å². The van der Waals surface area contributed by atoms with E-state index in [2.05, 4.69) is 44.3 Å². The number of allylic oxidation sites excluding steroid dienone is 8. The molecule has 0 atom stereocenters. The Labute approximate surface area is 148 Å². The Morgan fingerprint density at radius 3 is 2.00 bits per heavy atom. The first kappa shape index (κ1) is 19.6.